The molecule has 0 bridgehead atoms. The van der Waals surface area contributed by atoms with Crippen LogP contribution in [0, 0.1) is 0 Å². The number of aromatic nitrogens is 4. The Labute approximate surface area is 125 Å². The quantitative estimate of drug-likeness (QED) is 0.851. The van der Waals surface area contributed by atoms with Crippen molar-refractivity contribution in [2.75, 3.05) is 13.2 Å². The molecule has 0 aliphatic carbocycles. The normalized spacial score (nSPS) is 17.1. The van der Waals surface area contributed by atoms with E-state index in [1.54, 1.807) is 6.20 Å². The van der Waals surface area contributed by atoms with Gasteiger partial charge in [0.05, 0.1) is 5.54 Å². The Kier molecular flexibility index (Phi) is 3.76. The van der Waals surface area contributed by atoms with Crippen LogP contribution < -0.4 is 0 Å². The van der Waals surface area contributed by atoms with Crippen molar-refractivity contribution in [2.24, 2.45) is 0 Å². The molecule has 21 heavy (non-hydrogen) atoms. The van der Waals surface area contributed by atoms with Crippen molar-refractivity contribution in [1.82, 2.24) is 19.7 Å². The Bertz CT molecular complexity index is 594. The Hall–Kier alpha value is -1.75. The zero-order valence-corrected chi connectivity index (χ0v) is 12.9. The van der Waals surface area contributed by atoms with Gasteiger partial charge >= 0.3 is 0 Å². The number of pyridine rings is 1. The van der Waals surface area contributed by atoms with Gasteiger partial charge in [-0.25, -0.2) is 9.67 Å². The zero-order valence-electron chi connectivity index (χ0n) is 12.9. The van der Waals surface area contributed by atoms with Crippen LogP contribution in [0.3, 0.4) is 0 Å². The summed E-state index contributed by atoms with van der Waals surface area (Å²) < 4.78 is 7.55. The standard InChI is InChI=1S/C16H22N4O/c1-16(2,3)20-15(12-6-9-21-10-7-12)18-14(19-20)13-5-4-8-17-11-13/h4-5,8,11-12H,6-7,9-10H2,1-3H3. The van der Waals surface area contributed by atoms with Gasteiger partial charge in [-0.05, 0) is 45.7 Å². The molecule has 0 N–H and O–H groups in total. The van der Waals surface area contributed by atoms with Crippen molar-refractivity contribution in [1.29, 1.82) is 0 Å². The molecule has 0 spiro atoms. The van der Waals surface area contributed by atoms with Crippen molar-refractivity contribution >= 4 is 0 Å². The van der Waals surface area contributed by atoms with Crippen LogP contribution in [-0.2, 0) is 10.3 Å². The predicted molar refractivity (Wildman–Crippen MR) is 81.0 cm³/mol. The highest BCUT2D eigenvalue weighted by atomic mass is 16.5. The van der Waals surface area contributed by atoms with E-state index in [2.05, 4.69) is 30.4 Å². The molecule has 2 aromatic rings. The molecule has 0 unspecified atom stereocenters. The first-order valence-corrected chi connectivity index (χ1v) is 7.51. The van der Waals surface area contributed by atoms with E-state index in [1.807, 2.05) is 18.3 Å². The fourth-order valence-corrected chi connectivity index (χ4v) is 2.66. The van der Waals surface area contributed by atoms with Crippen LogP contribution in [-0.4, -0.2) is 33.0 Å². The van der Waals surface area contributed by atoms with Gasteiger partial charge < -0.3 is 4.74 Å². The molecule has 2 aromatic heterocycles. The van der Waals surface area contributed by atoms with Crippen LogP contribution in [0.25, 0.3) is 11.4 Å². The van der Waals surface area contributed by atoms with Gasteiger partial charge in [0.1, 0.15) is 5.82 Å². The van der Waals surface area contributed by atoms with Crippen molar-refractivity contribution in [3.05, 3.63) is 30.4 Å². The average molecular weight is 286 g/mol. The molecule has 1 saturated heterocycles. The average Bonchev–Trinajstić information content (AvgIpc) is 2.94. The van der Waals surface area contributed by atoms with Gasteiger partial charge in [-0.15, -0.1) is 0 Å². The summed E-state index contributed by atoms with van der Waals surface area (Å²) in [5.74, 6) is 2.26. The van der Waals surface area contributed by atoms with E-state index < -0.39 is 0 Å². The van der Waals surface area contributed by atoms with Crippen molar-refractivity contribution in [3.63, 3.8) is 0 Å². The molecule has 0 saturated carbocycles. The van der Waals surface area contributed by atoms with Crippen LogP contribution in [0.1, 0.15) is 45.4 Å². The van der Waals surface area contributed by atoms with E-state index >= 15 is 0 Å². The van der Waals surface area contributed by atoms with Gasteiger partial charge in [-0.2, -0.15) is 5.10 Å². The second-order valence-electron chi connectivity index (χ2n) is 6.50. The third kappa shape index (κ3) is 2.97. The molecule has 1 aliphatic heterocycles. The molecule has 5 heteroatoms. The first-order valence-electron chi connectivity index (χ1n) is 7.51. The lowest BCUT2D eigenvalue weighted by atomic mass is 9.98. The van der Waals surface area contributed by atoms with Gasteiger partial charge in [0.2, 0.25) is 0 Å². The molecule has 0 atom stereocenters. The van der Waals surface area contributed by atoms with Crippen LogP contribution in [0.2, 0.25) is 0 Å². The highest BCUT2D eigenvalue weighted by molar-refractivity contribution is 5.52. The summed E-state index contributed by atoms with van der Waals surface area (Å²) in [5, 5.41) is 4.75. The summed E-state index contributed by atoms with van der Waals surface area (Å²) >= 11 is 0. The van der Waals surface area contributed by atoms with Gasteiger partial charge in [-0.3, -0.25) is 4.98 Å². The van der Waals surface area contributed by atoms with Crippen LogP contribution >= 0.6 is 0 Å². The Morgan fingerprint density at radius 3 is 2.62 bits per heavy atom. The summed E-state index contributed by atoms with van der Waals surface area (Å²) in [5.41, 5.74) is 0.884. The van der Waals surface area contributed by atoms with E-state index in [9.17, 15) is 0 Å². The molecular formula is C16H22N4O. The second kappa shape index (κ2) is 5.56. The molecule has 3 rings (SSSR count). The molecule has 1 aliphatic rings. The van der Waals surface area contributed by atoms with Crippen LogP contribution in [0.4, 0.5) is 0 Å². The van der Waals surface area contributed by atoms with Crippen molar-refractivity contribution < 1.29 is 4.74 Å². The minimum atomic E-state index is -0.0822. The van der Waals surface area contributed by atoms with Gasteiger partial charge in [0.15, 0.2) is 5.82 Å². The van der Waals surface area contributed by atoms with Gasteiger partial charge in [0, 0.05) is 37.1 Å². The molecule has 0 amide bonds. The molecule has 5 nitrogen and oxygen atoms in total. The third-order valence-corrected chi connectivity index (χ3v) is 3.77. The third-order valence-electron chi connectivity index (χ3n) is 3.77. The maximum absolute atomic E-state index is 5.47. The lowest BCUT2D eigenvalue weighted by molar-refractivity contribution is 0.0813. The molecule has 0 radical (unpaired) electrons. The SMILES string of the molecule is CC(C)(C)n1nc(-c2cccnc2)nc1C1CCOCC1. The maximum Gasteiger partial charge on any atom is 0.182 e. The number of nitrogens with zero attached hydrogens (tertiary/aromatic N) is 4. The van der Waals surface area contributed by atoms with Crippen LogP contribution in [0.15, 0.2) is 24.5 Å². The molecule has 1 fully saturated rings. The van der Waals surface area contributed by atoms with E-state index in [-0.39, 0.29) is 5.54 Å². The smallest absolute Gasteiger partial charge is 0.182 e. The van der Waals surface area contributed by atoms with Gasteiger partial charge in [0.25, 0.3) is 0 Å². The summed E-state index contributed by atoms with van der Waals surface area (Å²) in [6.07, 6.45) is 5.61. The molecule has 112 valence electrons. The fourth-order valence-electron chi connectivity index (χ4n) is 2.66. The first kappa shape index (κ1) is 14.2. The lowest BCUT2D eigenvalue weighted by Gasteiger charge is -2.27. The highest BCUT2D eigenvalue weighted by Gasteiger charge is 2.28. The van der Waals surface area contributed by atoms with Crippen molar-refractivity contribution in [3.8, 4) is 11.4 Å². The Balaban J connectivity index is 2.03. The monoisotopic (exact) mass is 286 g/mol. The van der Waals surface area contributed by atoms with Crippen molar-refractivity contribution in [2.45, 2.75) is 45.1 Å². The maximum atomic E-state index is 5.47. The minimum absolute atomic E-state index is 0.0822. The van der Waals surface area contributed by atoms with E-state index in [1.165, 1.54) is 0 Å². The highest BCUT2D eigenvalue weighted by Crippen LogP contribution is 2.30. The summed E-state index contributed by atoms with van der Waals surface area (Å²) in [4.78, 5) is 8.99. The van der Waals surface area contributed by atoms with E-state index in [4.69, 9.17) is 14.8 Å². The van der Waals surface area contributed by atoms with E-state index in [0.717, 1.165) is 43.3 Å². The number of hydrogen-bond donors (Lipinski definition) is 0. The van der Waals surface area contributed by atoms with Crippen LogP contribution in [0.5, 0.6) is 0 Å². The lowest BCUT2D eigenvalue weighted by Crippen LogP contribution is -2.28. The number of ether oxygens (including phenoxy) is 1. The fraction of sp³-hybridized carbons (Fsp3) is 0.562. The zero-order chi connectivity index (χ0) is 14.9. The number of rotatable bonds is 2. The number of hydrogen-bond acceptors (Lipinski definition) is 4. The summed E-state index contributed by atoms with van der Waals surface area (Å²) in [6, 6.07) is 3.92. The Morgan fingerprint density at radius 1 is 1.24 bits per heavy atom. The predicted octanol–water partition coefficient (Wildman–Crippen LogP) is 2.99. The molecular weight excluding hydrogens is 264 g/mol. The summed E-state index contributed by atoms with van der Waals surface area (Å²) in [6.45, 7) is 8.11. The minimum Gasteiger partial charge on any atom is -0.381 e. The summed E-state index contributed by atoms with van der Waals surface area (Å²) in [7, 11) is 0. The first-order chi connectivity index (χ1) is 10.1. The van der Waals surface area contributed by atoms with Gasteiger partial charge in [-0.1, -0.05) is 0 Å². The molecule has 0 aromatic carbocycles. The second-order valence-corrected chi connectivity index (χ2v) is 6.50. The molecule has 3 heterocycles. The topological polar surface area (TPSA) is 52.8 Å². The largest absolute Gasteiger partial charge is 0.381 e. The Morgan fingerprint density at radius 2 is 2.00 bits per heavy atom. The van der Waals surface area contributed by atoms with E-state index in [0.29, 0.717) is 5.92 Å².